The van der Waals surface area contributed by atoms with Gasteiger partial charge in [0.1, 0.15) is 18.3 Å². The fourth-order valence-corrected chi connectivity index (χ4v) is 6.15. The van der Waals surface area contributed by atoms with Crippen molar-refractivity contribution in [2.45, 2.75) is 63.9 Å². The molecule has 1 N–H and O–H groups in total. The molecule has 2 atom stereocenters. The lowest BCUT2D eigenvalue weighted by Gasteiger charge is -2.33. The molecule has 0 heterocycles. The zero-order valence-corrected chi connectivity index (χ0v) is 27.0. The van der Waals surface area contributed by atoms with Crippen molar-refractivity contribution >= 4 is 43.5 Å². The van der Waals surface area contributed by atoms with E-state index in [0.717, 1.165) is 20.8 Å². The van der Waals surface area contributed by atoms with E-state index >= 15 is 0 Å². The maximum Gasteiger partial charge on any atom is 0.264 e. The molecule has 8 nitrogen and oxygen atoms in total. The lowest BCUT2D eigenvalue weighted by Crippen LogP contribution is -2.54. The molecular formula is C32H40BrN3O5S. The zero-order valence-electron chi connectivity index (χ0n) is 24.6. The van der Waals surface area contributed by atoms with E-state index < -0.39 is 28.5 Å². The highest BCUT2D eigenvalue weighted by Crippen LogP contribution is 2.27. The Morgan fingerprint density at radius 1 is 0.905 bits per heavy atom. The summed E-state index contributed by atoms with van der Waals surface area (Å²) in [4.78, 5) is 29.0. The van der Waals surface area contributed by atoms with Gasteiger partial charge in [0, 0.05) is 17.1 Å². The van der Waals surface area contributed by atoms with Crippen molar-refractivity contribution in [3.8, 4) is 5.75 Å². The van der Waals surface area contributed by atoms with Crippen LogP contribution in [0.2, 0.25) is 0 Å². The normalized spacial score (nSPS) is 12.7. The number of halogens is 1. The van der Waals surface area contributed by atoms with E-state index in [4.69, 9.17) is 4.74 Å². The van der Waals surface area contributed by atoms with Crippen LogP contribution >= 0.6 is 15.9 Å². The van der Waals surface area contributed by atoms with E-state index in [-0.39, 0.29) is 23.4 Å². The Balaban J connectivity index is 2.01. The minimum atomic E-state index is -4.14. The standard InChI is InChI=1S/C32H40BrN3O5S/c1-5-24(4)34-32(38)30(6-2)35(22-21-25-11-9-8-10-12-25)31(37)23-36(27-15-17-28(18-16-27)41-7-3)42(39,40)29-19-13-26(33)14-20-29/h8-20,24,30H,5-7,21-23H2,1-4H3,(H,34,38). The molecule has 0 saturated carbocycles. The first-order valence-electron chi connectivity index (χ1n) is 14.3. The molecule has 2 amide bonds. The number of nitrogens with zero attached hydrogens (tertiary/aromatic N) is 2. The summed E-state index contributed by atoms with van der Waals surface area (Å²) in [6.45, 7) is 7.85. The third-order valence-electron chi connectivity index (χ3n) is 6.99. The van der Waals surface area contributed by atoms with E-state index in [9.17, 15) is 18.0 Å². The van der Waals surface area contributed by atoms with Gasteiger partial charge in [-0.3, -0.25) is 13.9 Å². The number of ether oxygens (including phenoxy) is 1. The Morgan fingerprint density at radius 2 is 1.55 bits per heavy atom. The van der Waals surface area contributed by atoms with Crippen LogP contribution in [0.3, 0.4) is 0 Å². The molecule has 0 aliphatic heterocycles. The summed E-state index contributed by atoms with van der Waals surface area (Å²) in [5, 5.41) is 3.00. The number of carbonyl (C=O) groups is 2. The average molecular weight is 659 g/mol. The SMILES string of the molecule is CCOc1ccc(N(CC(=O)N(CCc2ccccc2)C(CC)C(=O)NC(C)CC)S(=O)(=O)c2ccc(Br)cc2)cc1. The summed E-state index contributed by atoms with van der Waals surface area (Å²) < 4.78 is 35.3. The minimum Gasteiger partial charge on any atom is -0.494 e. The predicted molar refractivity (Wildman–Crippen MR) is 170 cm³/mol. The van der Waals surface area contributed by atoms with Crippen LogP contribution < -0.4 is 14.4 Å². The van der Waals surface area contributed by atoms with Gasteiger partial charge in [0.15, 0.2) is 0 Å². The van der Waals surface area contributed by atoms with Crippen molar-refractivity contribution < 1.29 is 22.7 Å². The maximum absolute atomic E-state index is 14.1. The van der Waals surface area contributed by atoms with Crippen molar-refractivity contribution in [3.63, 3.8) is 0 Å². The highest BCUT2D eigenvalue weighted by atomic mass is 79.9. The number of nitrogens with one attached hydrogen (secondary N) is 1. The van der Waals surface area contributed by atoms with Crippen LogP contribution in [0.4, 0.5) is 5.69 Å². The third kappa shape index (κ3) is 8.82. The quantitative estimate of drug-likeness (QED) is 0.223. The van der Waals surface area contributed by atoms with Gasteiger partial charge in [-0.2, -0.15) is 0 Å². The van der Waals surface area contributed by atoms with Gasteiger partial charge in [-0.05, 0) is 87.2 Å². The molecule has 226 valence electrons. The van der Waals surface area contributed by atoms with E-state index in [1.54, 1.807) is 36.4 Å². The molecule has 3 rings (SSSR count). The van der Waals surface area contributed by atoms with Gasteiger partial charge in [-0.15, -0.1) is 0 Å². The summed E-state index contributed by atoms with van der Waals surface area (Å²) in [6.07, 6.45) is 1.64. The molecule has 0 bridgehead atoms. The lowest BCUT2D eigenvalue weighted by molar-refractivity contribution is -0.139. The van der Waals surface area contributed by atoms with Gasteiger partial charge in [0.05, 0.1) is 17.2 Å². The van der Waals surface area contributed by atoms with Crippen molar-refractivity contribution in [2.75, 3.05) is 24.0 Å². The number of benzene rings is 3. The molecule has 0 saturated heterocycles. The fraction of sp³-hybridized carbons (Fsp3) is 0.375. The number of amides is 2. The number of rotatable bonds is 15. The van der Waals surface area contributed by atoms with E-state index in [0.29, 0.717) is 30.9 Å². The zero-order chi connectivity index (χ0) is 30.7. The summed E-state index contributed by atoms with van der Waals surface area (Å²) in [5.74, 6) is -0.130. The van der Waals surface area contributed by atoms with Crippen molar-refractivity contribution in [1.29, 1.82) is 0 Å². The first kappa shape index (κ1) is 33.1. The molecule has 3 aromatic rings. The van der Waals surface area contributed by atoms with Gasteiger partial charge >= 0.3 is 0 Å². The second-order valence-electron chi connectivity index (χ2n) is 9.96. The molecule has 3 aromatic carbocycles. The molecule has 0 spiro atoms. The van der Waals surface area contributed by atoms with Crippen LogP contribution in [0.5, 0.6) is 5.75 Å². The molecule has 0 fully saturated rings. The Kier molecular flexibility index (Phi) is 12.4. The van der Waals surface area contributed by atoms with Crippen molar-refractivity contribution in [2.24, 2.45) is 0 Å². The third-order valence-corrected chi connectivity index (χ3v) is 9.30. The van der Waals surface area contributed by atoms with Crippen LogP contribution in [0.25, 0.3) is 0 Å². The van der Waals surface area contributed by atoms with Crippen molar-refractivity contribution in [3.05, 3.63) is 88.9 Å². The lowest BCUT2D eigenvalue weighted by atomic mass is 10.1. The summed E-state index contributed by atoms with van der Waals surface area (Å²) in [5.41, 5.74) is 1.33. The first-order valence-corrected chi connectivity index (χ1v) is 16.5. The van der Waals surface area contributed by atoms with Crippen LogP contribution in [0.15, 0.2) is 88.2 Å². The Labute approximate surface area is 258 Å². The molecule has 0 aliphatic carbocycles. The second kappa shape index (κ2) is 15.7. The molecule has 0 aliphatic rings. The molecule has 10 heteroatoms. The number of sulfonamides is 1. The van der Waals surface area contributed by atoms with Crippen LogP contribution in [0, 0.1) is 0 Å². The van der Waals surface area contributed by atoms with Gasteiger partial charge in [0.25, 0.3) is 10.0 Å². The smallest absolute Gasteiger partial charge is 0.264 e. The van der Waals surface area contributed by atoms with Gasteiger partial charge in [-0.1, -0.05) is 60.1 Å². The Hall–Kier alpha value is -3.37. The maximum atomic E-state index is 14.1. The second-order valence-corrected chi connectivity index (χ2v) is 12.7. The van der Waals surface area contributed by atoms with E-state index in [1.807, 2.05) is 58.0 Å². The van der Waals surface area contributed by atoms with Crippen LogP contribution in [0.1, 0.15) is 46.1 Å². The van der Waals surface area contributed by atoms with E-state index in [1.165, 1.54) is 17.0 Å². The minimum absolute atomic E-state index is 0.0461. The Morgan fingerprint density at radius 3 is 2.12 bits per heavy atom. The topological polar surface area (TPSA) is 96.0 Å². The highest BCUT2D eigenvalue weighted by Gasteiger charge is 2.33. The Bertz CT molecular complexity index is 1400. The number of hydrogen-bond acceptors (Lipinski definition) is 5. The van der Waals surface area contributed by atoms with Crippen LogP contribution in [-0.2, 0) is 26.0 Å². The van der Waals surface area contributed by atoms with Gasteiger partial charge < -0.3 is 15.0 Å². The van der Waals surface area contributed by atoms with Gasteiger partial charge in [-0.25, -0.2) is 8.42 Å². The van der Waals surface area contributed by atoms with Crippen LogP contribution in [-0.4, -0.2) is 56.9 Å². The molecular weight excluding hydrogens is 618 g/mol. The van der Waals surface area contributed by atoms with Crippen molar-refractivity contribution in [1.82, 2.24) is 10.2 Å². The summed E-state index contributed by atoms with van der Waals surface area (Å²) in [6, 6.07) is 21.7. The summed E-state index contributed by atoms with van der Waals surface area (Å²) in [7, 11) is -4.14. The predicted octanol–water partition coefficient (Wildman–Crippen LogP) is 5.81. The molecule has 2 unspecified atom stereocenters. The number of anilines is 1. The van der Waals surface area contributed by atoms with E-state index in [2.05, 4.69) is 21.2 Å². The fourth-order valence-electron chi connectivity index (χ4n) is 4.47. The largest absolute Gasteiger partial charge is 0.494 e. The van der Waals surface area contributed by atoms with Gasteiger partial charge in [0.2, 0.25) is 11.8 Å². The molecule has 0 aromatic heterocycles. The monoisotopic (exact) mass is 657 g/mol. The average Bonchev–Trinajstić information content (AvgIpc) is 2.99. The molecule has 0 radical (unpaired) electrons. The number of hydrogen-bond donors (Lipinski definition) is 1. The number of carbonyl (C=O) groups excluding carboxylic acids is 2. The highest BCUT2D eigenvalue weighted by molar-refractivity contribution is 9.10. The first-order chi connectivity index (χ1) is 20.1. The summed E-state index contributed by atoms with van der Waals surface area (Å²) >= 11 is 3.35. The molecule has 42 heavy (non-hydrogen) atoms.